The first kappa shape index (κ1) is 21.1. The van der Waals surface area contributed by atoms with E-state index in [1.807, 2.05) is 54.6 Å². The number of rotatable bonds is 5. The molecule has 3 nitrogen and oxygen atoms in total. The van der Waals surface area contributed by atoms with E-state index >= 15 is 0 Å². The van der Waals surface area contributed by atoms with Crippen molar-refractivity contribution in [2.45, 2.75) is 26.3 Å². The van der Waals surface area contributed by atoms with Crippen molar-refractivity contribution >= 4 is 65.6 Å². The molecule has 0 saturated heterocycles. The number of thiazole rings is 1. The fourth-order valence-corrected chi connectivity index (χ4v) is 6.27. The highest BCUT2D eigenvalue weighted by Gasteiger charge is 2.27. The molecule has 0 aliphatic rings. The summed E-state index contributed by atoms with van der Waals surface area (Å²) < 4.78 is 2.09. The van der Waals surface area contributed by atoms with E-state index in [2.05, 4.69) is 32.0 Å². The van der Waals surface area contributed by atoms with Crippen LogP contribution < -0.4 is 4.90 Å². The highest BCUT2D eigenvalue weighted by molar-refractivity contribution is 7.23. The van der Waals surface area contributed by atoms with Gasteiger partial charge in [-0.1, -0.05) is 97.4 Å². The van der Waals surface area contributed by atoms with Crippen LogP contribution in [0.2, 0.25) is 5.02 Å². The van der Waals surface area contributed by atoms with Crippen LogP contribution in [-0.2, 0) is 6.54 Å². The predicted molar refractivity (Wildman–Crippen MR) is 137 cm³/mol. The Morgan fingerprint density at radius 3 is 2.41 bits per heavy atom. The maximum absolute atomic E-state index is 13.9. The zero-order valence-electron chi connectivity index (χ0n) is 17.7. The summed E-state index contributed by atoms with van der Waals surface area (Å²) in [7, 11) is 0. The number of anilines is 1. The number of aromatic nitrogens is 1. The van der Waals surface area contributed by atoms with Crippen LogP contribution in [0.5, 0.6) is 0 Å². The van der Waals surface area contributed by atoms with Crippen LogP contribution in [0, 0.1) is 0 Å². The molecule has 6 heteroatoms. The number of benzene rings is 3. The summed E-state index contributed by atoms with van der Waals surface area (Å²) in [5, 5.41) is 2.11. The highest BCUT2D eigenvalue weighted by Crippen LogP contribution is 2.39. The van der Waals surface area contributed by atoms with Gasteiger partial charge < -0.3 is 0 Å². The Hall–Kier alpha value is -2.73. The lowest BCUT2D eigenvalue weighted by Crippen LogP contribution is -2.29. The molecule has 2 heterocycles. The van der Waals surface area contributed by atoms with Gasteiger partial charge in [0.05, 0.1) is 21.8 Å². The van der Waals surface area contributed by atoms with E-state index in [4.69, 9.17) is 16.6 Å². The molecule has 2 aromatic heterocycles. The van der Waals surface area contributed by atoms with Gasteiger partial charge >= 0.3 is 0 Å². The van der Waals surface area contributed by atoms with Gasteiger partial charge in [-0.05, 0) is 29.2 Å². The van der Waals surface area contributed by atoms with Gasteiger partial charge in [-0.15, -0.1) is 11.3 Å². The van der Waals surface area contributed by atoms with Gasteiger partial charge in [0.25, 0.3) is 5.91 Å². The largest absolute Gasteiger partial charge is 0.279 e. The van der Waals surface area contributed by atoms with Gasteiger partial charge in [0.2, 0.25) is 0 Å². The van der Waals surface area contributed by atoms with E-state index in [1.165, 1.54) is 16.9 Å². The van der Waals surface area contributed by atoms with Crippen molar-refractivity contribution in [3.05, 3.63) is 93.8 Å². The minimum absolute atomic E-state index is 0.120. The van der Waals surface area contributed by atoms with Crippen molar-refractivity contribution in [2.24, 2.45) is 0 Å². The zero-order valence-corrected chi connectivity index (χ0v) is 20.1. The lowest BCUT2D eigenvalue weighted by atomic mass is 10.0. The average Bonchev–Trinajstić information content (AvgIpc) is 3.39. The molecule has 0 N–H and O–H groups in total. The molecule has 0 fully saturated rings. The van der Waals surface area contributed by atoms with Crippen molar-refractivity contribution < 1.29 is 4.79 Å². The smallest absolute Gasteiger partial charge is 0.272 e. The molecule has 160 valence electrons. The topological polar surface area (TPSA) is 33.2 Å². The third-order valence-corrected chi connectivity index (χ3v) is 8.16. The van der Waals surface area contributed by atoms with Crippen LogP contribution in [0.1, 0.15) is 40.6 Å². The Labute approximate surface area is 199 Å². The number of nitrogens with zero attached hydrogens (tertiary/aromatic N) is 2. The average molecular weight is 477 g/mol. The van der Waals surface area contributed by atoms with Gasteiger partial charge in [-0.2, -0.15) is 0 Å². The summed E-state index contributed by atoms with van der Waals surface area (Å²) in [4.78, 5) is 21.1. The summed E-state index contributed by atoms with van der Waals surface area (Å²) in [5.74, 6) is 0.231. The van der Waals surface area contributed by atoms with Crippen LogP contribution in [-0.4, -0.2) is 10.9 Å². The number of carbonyl (C=O) groups is 1. The summed E-state index contributed by atoms with van der Waals surface area (Å²) in [6, 6.07) is 24.1. The van der Waals surface area contributed by atoms with Crippen molar-refractivity contribution in [1.29, 1.82) is 0 Å². The summed E-state index contributed by atoms with van der Waals surface area (Å²) in [6.45, 7) is 4.76. The second-order valence-corrected chi connectivity index (χ2v) is 10.4. The number of amides is 1. The molecular formula is C26H21ClN2OS2. The Morgan fingerprint density at radius 1 is 0.938 bits per heavy atom. The molecule has 0 saturated carbocycles. The summed E-state index contributed by atoms with van der Waals surface area (Å²) >= 11 is 9.66. The van der Waals surface area contributed by atoms with Gasteiger partial charge in [0, 0.05) is 10.1 Å². The first-order valence-electron chi connectivity index (χ1n) is 10.4. The van der Waals surface area contributed by atoms with Gasteiger partial charge in [-0.25, -0.2) is 4.98 Å². The molecule has 0 spiro atoms. The number of carbonyl (C=O) groups excluding carboxylic acids is 1. The minimum Gasteiger partial charge on any atom is -0.279 e. The number of hydrogen-bond acceptors (Lipinski definition) is 4. The number of halogens is 1. The predicted octanol–water partition coefficient (Wildman–Crippen LogP) is 8.13. The van der Waals surface area contributed by atoms with E-state index in [-0.39, 0.29) is 5.91 Å². The Bertz CT molecular complexity index is 1420. The molecule has 0 unspecified atom stereocenters. The Morgan fingerprint density at radius 2 is 1.66 bits per heavy atom. The van der Waals surface area contributed by atoms with Crippen LogP contribution in [0.25, 0.3) is 20.3 Å². The van der Waals surface area contributed by atoms with E-state index in [9.17, 15) is 4.79 Å². The summed E-state index contributed by atoms with van der Waals surface area (Å²) in [5.41, 5.74) is 3.20. The van der Waals surface area contributed by atoms with Crippen LogP contribution in [0.4, 0.5) is 5.13 Å². The summed E-state index contributed by atoms with van der Waals surface area (Å²) in [6.07, 6.45) is 0. The van der Waals surface area contributed by atoms with Gasteiger partial charge in [0.1, 0.15) is 4.88 Å². The van der Waals surface area contributed by atoms with Crippen LogP contribution in [0.15, 0.2) is 72.8 Å². The monoisotopic (exact) mass is 476 g/mol. The lowest BCUT2D eigenvalue weighted by molar-refractivity contribution is 0.0989. The normalized spacial score (nSPS) is 11.5. The highest BCUT2D eigenvalue weighted by atomic mass is 35.5. The standard InChI is InChI=1S/C26H21ClN2OS2/c1-16(2)18-12-8-14-21-23(18)28-26(32-21)29(15-17-9-4-3-5-10-17)25(30)24-22(27)19-11-6-7-13-20(19)31-24/h3-14,16H,15H2,1-2H3. The quantitative estimate of drug-likeness (QED) is 0.256. The maximum atomic E-state index is 13.9. The molecule has 0 bridgehead atoms. The second kappa shape index (κ2) is 8.66. The van der Waals surface area contributed by atoms with Gasteiger partial charge in [-0.3, -0.25) is 9.69 Å². The Balaban J connectivity index is 1.64. The van der Waals surface area contributed by atoms with Gasteiger partial charge in [0.15, 0.2) is 5.13 Å². The van der Waals surface area contributed by atoms with E-state index < -0.39 is 0 Å². The van der Waals surface area contributed by atoms with E-state index in [1.54, 1.807) is 16.2 Å². The molecule has 0 aliphatic carbocycles. The molecule has 1 amide bonds. The molecule has 5 aromatic rings. The number of fused-ring (bicyclic) bond motifs is 2. The van der Waals surface area contributed by atoms with Crippen molar-refractivity contribution in [1.82, 2.24) is 4.98 Å². The van der Waals surface area contributed by atoms with Crippen LogP contribution >= 0.6 is 34.3 Å². The van der Waals surface area contributed by atoms with Crippen molar-refractivity contribution in [3.63, 3.8) is 0 Å². The van der Waals surface area contributed by atoms with E-state index in [0.717, 1.165) is 25.9 Å². The number of hydrogen-bond donors (Lipinski definition) is 0. The number of para-hydroxylation sites is 1. The fourth-order valence-electron chi connectivity index (χ4n) is 3.81. The molecule has 0 atom stereocenters. The van der Waals surface area contributed by atoms with Crippen molar-refractivity contribution in [2.75, 3.05) is 4.90 Å². The minimum atomic E-state index is -0.120. The first-order chi connectivity index (χ1) is 15.5. The zero-order chi connectivity index (χ0) is 22.2. The second-order valence-electron chi connectivity index (χ2n) is 7.96. The van der Waals surface area contributed by atoms with Crippen molar-refractivity contribution in [3.8, 4) is 0 Å². The van der Waals surface area contributed by atoms with E-state index in [0.29, 0.717) is 27.5 Å². The lowest BCUT2D eigenvalue weighted by Gasteiger charge is -2.19. The molecule has 0 radical (unpaired) electrons. The molecular weight excluding hydrogens is 456 g/mol. The molecule has 5 rings (SSSR count). The van der Waals surface area contributed by atoms with Crippen LogP contribution in [0.3, 0.4) is 0 Å². The third kappa shape index (κ3) is 3.81. The molecule has 32 heavy (non-hydrogen) atoms. The first-order valence-corrected chi connectivity index (χ1v) is 12.5. The maximum Gasteiger partial charge on any atom is 0.272 e. The molecule has 0 aliphatic heterocycles. The molecule has 3 aromatic carbocycles. The SMILES string of the molecule is CC(C)c1cccc2sc(N(Cc3ccccc3)C(=O)c3sc4ccccc4c3Cl)nc12. The third-order valence-electron chi connectivity index (χ3n) is 5.45. The fraction of sp³-hybridized carbons (Fsp3) is 0.154. The Kier molecular flexibility index (Phi) is 5.72. The number of thiophene rings is 1.